The van der Waals surface area contributed by atoms with Crippen molar-refractivity contribution >= 4 is 23.5 Å². The molecule has 0 bridgehead atoms. The van der Waals surface area contributed by atoms with E-state index in [1.807, 2.05) is 42.1 Å². The van der Waals surface area contributed by atoms with Crippen LogP contribution in [0.5, 0.6) is 5.75 Å². The second kappa shape index (κ2) is 12.3. The Morgan fingerprint density at radius 1 is 1.03 bits per heavy atom. The van der Waals surface area contributed by atoms with Crippen molar-refractivity contribution in [2.24, 2.45) is 0 Å². The minimum Gasteiger partial charge on any atom is -0.496 e. The molecule has 1 unspecified atom stereocenters. The van der Waals surface area contributed by atoms with Gasteiger partial charge in [-0.2, -0.15) is 11.8 Å². The van der Waals surface area contributed by atoms with E-state index in [4.69, 9.17) is 4.74 Å². The van der Waals surface area contributed by atoms with Crippen LogP contribution in [0.15, 0.2) is 48.5 Å². The largest absolute Gasteiger partial charge is 0.496 e. The summed E-state index contributed by atoms with van der Waals surface area (Å²) in [4.78, 5) is 17.6. The van der Waals surface area contributed by atoms with Crippen LogP contribution < -0.4 is 15.4 Å². The smallest absolute Gasteiger partial charge is 0.319 e. The van der Waals surface area contributed by atoms with Crippen LogP contribution >= 0.6 is 11.8 Å². The average molecular weight is 469 g/mol. The molecule has 0 saturated carbocycles. The molecule has 0 aliphatic carbocycles. The van der Waals surface area contributed by atoms with E-state index in [9.17, 15) is 4.79 Å². The van der Waals surface area contributed by atoms with E-state index in [1.165, 1.54) is 43.0 Å². The van der Waals surface area contributed by atoms with Gasteiger partial charge in [-0.15, -0.1) is 0 Å². The number of rotatable bonds is 9. The summed E-state index contributed by atoms with van der Waals surface area (Å²) in [5.74, 6) is 3.36. The van der Waals surface area contributed by atoms with Gasteiger partial charge in [0, 0.05) is 48.9 Å². The zero-order chi connectivity index (χ0) is 22.9. The SMILES string of the molecule is COc1ccccc1C(CNC(=O)Nc1ccc(CCN2CCSCC2)cc1)N1CCCC1. The van der Waals surface area contributed by atoms with Crippen LogP contribution in [-0.4, -0.2) is 73.7 Å². The van der Waals surface area contributed by atoms with Crippen molar-refractivity contribution in [2.45, 2.75) is 25.3 Å². The van der Waals surface area contributed by atoms with Crippen molar-refractivity contribution in [3.8, 4) is 5.75 Å². The van der Waals surface area contributed by atoms with Gasteiger partial charge in [0.2, 0.25) is 0 Å². The molecule has 178 valence electrons. The molecular formula is C26H36N4O2S. The van der Waals surface area contributed by atoms with Gasteiger partial charge < -0.3 is 20.3 Å². The summed E-state index contributed by atoms with van der Waals surface area (Å²) in [5.41, 5.74) is 3.25. The fourth-order valence-corrected chi connectivity index (χ4v) is 5.64. The number of ether oxygens (including phenoxy) is 1. The monoisotopic (exact) mass is 468 g/mol. The van der Waals surface area contributed by atoms with Crippen LogP contribution in [0.25, 0.3) is 0 Å². The number of likely N-dealkylation sites (tertiary alicyclic amines) is 1. The molecule has 2 heterocycles. The lowest BCUT2D eigenvalue weighted by atomic mass is 10.0. The fraction of sp³-hybridized carbons (Fsp3) is 0.500. The molecule has 2 aliphatic rings. The number of para-hydroxylation sites is 1. The van der Waals surface area contributed by atoms with Gasteiger partial charge in [-0.25, -0.2) is 4.79 Å². The number of carbonyl (C=O) groups excluding carboxylic acids is 1. The van der Waals surface area contributed by atoms with E-state index in [-0.39, 0.29) is 12.1 Å². The number of amides is 2. The predicted octanol–water partition coefficient (Wildman–Crippen LogP) is 4.25. The third-order valence-electron chi connectivity index (χ3n) is 6.57. The second-order valence-electron chi connectivity index (χ2n) is 8.74. The minimum atomic E-state index is -0.173. The standard InChI is InChI=1S/C26H36N4O2S/c1-32-25-7-3-2-6-23(25)24(30-13-4-5-14-30)20-27-26(31)28-22-10-8-21(9-11-22)12-15-29-16-18-33-19-17-29/h2-3,6-11,24H,4-5,12-20H2,1H3,(H2,27,28,31). The zero-order valence-electron chi connectivity index (χ0n) is 19.6. The Balaban J connectivity index is 1.29. The topological polar surface area (TPSA) is 56.8 Å². The lowest BCUT2D eigenvalue weighted by Crippen LogP contribution is -2.38. The van der Waals surface area contributed by atoms with Gasteiger partial charge in [-0.05, 0) is 56.1 Å². The van der Waals surface area contributed by atoms with Crippen molar-refractivity contribution in [1.29, 1.82) is 0 Å². The molecule has 2 aromatic carbocycles. The molecule has 1 atom stereocenters. The van der Waals surface area contributed by atoms with Crippen LogP contribution in [0.2, 0.25) is 0 Å². The summed E-state index contributed by atoms with van der Waals surface area (Å²) < 4.78 is 5.60. The maximum Gasteiger partial charge on any atom is 0.319 e. The Kier molecular flexibility index (Phi) is 8.92. The zero-order valence-corrected chi connectivity index (χ0v) is 20.4. The molecule has 0 radical (unpaired) electrons. The first kappa shape index (κ1) is 23.9. The van der Waals surface area contributed by atoms with E-state index >= 15 is 0 Å². The summed E-state index contributed by atoms with van der Waals surface area (Å²) in [6, 6.07) is 16.3. The molecule has 6 nitrogen and oxygen atoms in total. The highest BCUT2D eigenvalue weighted by Gasteiger charge is 2.26. The molecule has 33 heavy (non-hydrogen) atoms. The molecule has 2 aromatic rings. The maximum absolute atomic E-state index is 12.7. The summed E-state index contributed by atoms with van der Waals surface area (Å²) in [6.07, 6.45) is 3.44. The number of thioether (sulfide) groups is 1. The van der Waals surface area contributed by atoms with Gasteiger partial charge in [0.25, 0.3) is 0 Å². The summed E-state index contributed by atoms with van der Waals surface area (Å²) in [6.45, 7) is 6.12. The number of urea groups is 1. The quantitative estimate of drug-likeness (QED) is 0.576. The van der Waals surface area contributed by atoms with Crippen LogP contribution in [0.3, 0.4) is 0 Å². The Morgan fingerprint density at radius 3 is 2.48 bits per heavy atom. The van der Waals surface area contributed by atoms with E-state index in [0.717, 1.165) is 43.1 Å². The number of methoxy groups -OCH3 is 1. The van der Waals surface area contributed by atoms with Crippen molar-refractivity contribution in [3.05, 3.63) is 59.7 Å². The fourth-order valence-electron chi connectivity index (χ4n) is 4.66. The van der Waals surface area contributed by atoms with Gasteiger partial charge in [0.15, 0.2) is 0 Å². The lowest BCUT2D eigenvalue weighted by Gasteiger charge is -2.29. The first-order valence-electron chi connectivity index (χ1n) is 12.0. The summed E-state index contributed by atoms with van der Waals surface area (Å²) in [5, 5.41) is 6.07. The molecule has 0 spiro atoms. The first-order chi connectivity index (χ1) is 16.2. The van der Waals surface area contributed by atoms with Gasteiger partial charge in [0.1, 0.15) is 5.75 Å². The highest BCUT2D eigenvalue weighted by atomic mass is 32.2. The highest BCUT2D eigenvalue weighted by Crippen LogP contribution is 2.31. The lowest BCUT2D eigenvalue weighted by molar-refractivity contribution is 0.224. The van der Waals surface area contributed by atoms with E-state index in [0.29, 0.717) is 6.54 Å². The molecule has 7 heteroatoms. The molecule has 4 rings (SSSR count). The van der Waals surface area contributed by atoms with Gasteiger partial charge in [-0.1, -0.05) is 30.3 Å². The second-order valence-corrected chi connectivity index (χ2v) is 9.96. The van der Waals surface area contributed by atoms with Gasteiger partial charge in [0.05, 0.1) is 13.2 Å². The molecule has 2 N–H and O–H groups in total. The summed E-state index contributed by atoms with van der Waals surface area (Å²) in [7, 11) is 1.70. The molecular weight excluding hydrogens is 432 g/mol. The Labute approximate surface area is 202 Å². The van der Waals surface area contributed by atoms with E-state index in [2.05, 4.69) is 38.6 Å². The third-order valence-corrected chi connectivity index (χ3v) is 7.51. The number of nitrogens with one attached hydrogen (secondary N) is 2. The van der Waals surface area contributed by atoms with Crippen molar-refractivity contribution in [2.75, 3.05) is 63.2 Å². The maximum atomic E-state index is 12.7. The first-order valence-corrected chi connectivity index (χ1v) is 13.2. The van der Waals surface area contributed by atoms with E-state index in [1.54, 1.807) is 7.11 Å². The number of nitrogens with zero attached hydrogens (tertiary/aromatic N) is 2. The Bertz CT molecular complexity index is 880. The van der Waals surface area contributed by atoms with Crippen LogP contribution in [-0.2, 0) is 6.42 Å². The van der Waals surface area contributed by atoms with Crippen molar-refractivity contribution in [1.82, 2.24) is 15.1 Å². The number of anilines is 1. The molecule has 2 fully saturated rings. The van der Waals surface area contributed by atoms with Gasteiger partial charge >= 0.3 is 6.03 Å². The van der Waals surface area contributed by atoms with Crippen LogP contribution in [0.1, 0.15) is 30.0 Å². The number of hydrogen-bond acceptors (Lipinski definition) is 5. The van der Waals surface area contributed by atoms with Crippen LogP contribution in [0, 0.1) is 0 Å². The third kappa shape index (κ3) is 6.88. The normalized spacial score (nSPS) is 18.1. The molecule has 0 aromatic heterocycles. The Morgan fingerprint density at radius 2 is 1.76 bits per heavy atom. The number of benzene rings is 2. The molecule has 2 aliphatic heterocycles. The summed E-state index contributed by atoms with van der Waals surface area (Å²) >= 11 is 2.04. The Hall–Kier alpha value is -2.22. The predicted molar refractivity (Wildman–Crippen MR) is 137 cm³/mol. The molecule has 2 saturated heterocycles. The van der Waals surface area contributed by atoms with Gasteiger partial charge in [-0.3, -0.25) is 4.90 Å². The number of hydrogen-bond donors (Lipinski definition) is 2. The minimum absolute atomic E-state index is 0.102. The van der Waals surface area contributed by atoms with Crippen molar-refractivity contribution < 1.29 is 9.53 Å². The van der Waals surface area contributed by atoms with Crippen molar-refractivity contribution in [3.63, 3.8) is 0 Å². The van der Waals surface area contributed by atoms with E-state index < -0.39 is 0 Å². The number of carbonyl (C=O) groups is 1. The van der Waals surface area contributed by atoms with Crippen LogP contribution in [0.4, 0.5) is 10.5 Å². The molecule has 2 amide bonds. The average Bonchev–Trinajstić information content (AvgIpc) is 3.39. The highest BCUT2D eigenvalue weighted by molar-refractivity contribution is 7.99.